The van der Waals surface area contributed by atoms with Crippen LogP contribution in [0, 0.1) is 11.7 Å². The summed E-state index contributed by atoms with van der Waals surface area (Å²) in [5.41, 5.74) is 2.29. The van der Waals surface area contributed by atoms with E-state index in [-0.39, 0.29) is 5.82 Å². The monoisotopic (exact) mass is 460 g/mol. The van der Waals surface area contributed by atoms with Gasteiger partial charge >= 0.3 is 0 Å². The van der Waals surface area contributed by atoms with Crippen LogP contribution in [-0.2, 0) is 4.74 Å². The van der Waals surface area contributed by atoms with Crippen molar-refractivity contribution in [2.45, 2.75) is 63.6 Å². The third kappa shape index (κ3) is 6.33. The maximum atomic E-state index is 14.3. The van der Waals surface area contributed by atoms with Crippen LogP contribution in [-0.4, -0.2) is 43.4 Å². The molecule has 0 aliphatic heterocycles. The van der Waals surface area contributed by atoms with Crippen LogP contribution in [0.5, 0.6) is 0 Å². The average molecular weight is 461 g/mol. The van der Waals surface area contributed by atoms with Crippen molar-refractivity contribution >= 4 is 23.1 Å². The van der Waals surface area contributed by atoms with Crippen molar-refractivity contribution in [2.24, 2.45) is 5.92 Å². The van der Waals surface area contributed by atoms with Gasteiger partial charge in [-0.1, -0.05) is 17.7 Å². The van der Waals surface area contributed by atoms with Crippen LogP contribution in [0.2, 0.25) is 5.02 Å². The topological polar surface area (TPSA) is 58.2 Å². The Morgan fingerprint density at radius 1 is 1.12 bits per heavy atom. The molecule has 1 aromatic carbocycles. The Hall–Kier alpha value is -1.89. The van der Waals surface area contributed by atoms with Crippen molar-refractivity contribution in [3.63, 3.8) is 0 Å². The molecule has 5 nitrogen and oxygen atoms in total. The van der Waals surface area contributed by atoms with Crippen molar-refractivity contribution in [3.8, 4) is 11.1 Å². The molecule has 0 amide bonds. The van der Waals surface area contributed by atoms with E-state index in [2.05, 4.69) is 27.9 Å². The number of nitrogens with one attached hydrogen (secondary N) is 3. The van der Waals surface area contributed by atoms with Crippen LogP contribution in [0.4, 0.5) is 15.9 Å². The highest BCUT2D eigenvalue weighted by molar-refractivity contribution is 6.33. The van der Waals surface area contributed by atoms with E-state index in [1.165, 1.54) is 18.9 Å². The summed E-state index contributed by atoms with van der Waals surface area (Å²) in [6.07, 6.45) is 8.55. The molecule has 0 saturated heterocycles. The summed E-state index contributed by atoms with van der Waals surface area (Å²) in [4.78, 5) is 4.49. The molecule has 1 atom stereocenters. The fourth-order valence-corrected chi connectivity index (χ4v) is 4.67. The maximum absolute atomic E-state index is 14.3. The first-order valence-electron chi connectivity index (χ1n) is 11.7. The number of methoxy groups -OCH3 is 1. The molecule has 2 saturated carbocycles. The van der Waals surface area contributed by atoms with Crippen LogP contribution >= 0.6 is 11.6 Å². The van der Waals surface area contributed by atoms with Crippen molar-refractivity contribution < 1.29 is 9.13 Å². The molecular formula is C25H34ClFN4O. The lowest BCUT2D eigenvalue weighted by atomic mass is 9.90. The van der Waals surface area contributed by atoms with Crippen LogP contribution in [0.25, 0.3) is 11.1 Å². The molecule has 32 heavy (non-hydrogen) atoms. The molecule has 2 aromatic rings. The molecular weight excluding hydrogens is 427 g/mol. The van der Waals surface area contributed by atoms with Crippen molar-refractivity contribution in [2.75, 3.05) is 30.9 Å². The van der Waals surface area contributed by atoms with Gasteiger partial charge in [-0.2, -0.15) is 0 Å². The second kappa shape index (κ2) is 10.8. The molecule has 0 spiro atoms. The zero-order chi connectivity index (χ0) is 22.5. The molecule has 1 aromatic heterocycles. The molecule has 2 aliphatic carbocycles. The minimum atomic E-state index is -0.233. The number of nitrogens with zero attached hydrogens (tertiary/aromatic N) is 1. The SMILES string of the molecule is COC[C@H](C)NC1CCC(Nc2cc(-c3ccc(F)c(NCC4CC4)c3)c(Cl)cn2)CC1. The Kier molecular flexibility index (Phi) is 7.87. The largest absolute Gasteiger partial charge is 0.383 e. The zero-order valence-corrected chi connectivity index (χ0v) is 19.7. The number of aromatic nitrogens is 1. The highest BCUT2D eigenvalue weighted by atomic mass is 35.5. The van der Waals surface area contributed by atoms with Gasteiger partial charge in [0.2, 0.25) is 0 Å². The molecule has 174 valence electrons. The Bertz CT molecular complexity index is 900. The lowest BCUT2D eigenvalue weighted by Crippen LogP contribution is -2.42. The maximum Gasteiger partial charge on any atom is 0.146 e. The van der Waals surface area contributed by atoms with Gasteiger partial charge in [-0.15, -0.1) is 0 Å². The molecule has 0 bridgehead atoms. The summed E-state index contributed by atoms with van der Waals surface area (Å²) in [7, 11) is 1.74. The molecule has 3 N–H and O–H groups in total. The van der Waals surface area contributed by atoms with Gasteiger partial charge < -0.3 is 20.7 Å². The molecule has 0 radical (unpaired) electrons. The Morgan fingerprint density at radius 3 is 2.59 bits per heavy atom. The van der Waals surface area contributed by atoms with Crippen molar-refractivity contribution in [1.29, 1.82) is 0 Å². The first-order chi connectivity index (χ1) is 15.5. The van der Waals surface area contributed by atoms with E-state index in [9.17, 15) is 4.39 Å². The van der Waals surface area contributed by atoms with E-state index in [1.807, 2.05) is 12.1 Å². The number of halogens is 2. The second-order valence-electron chi connectivity index (χ2n) is 9.28. The van der Waals surface area contributed by atoms with Gasteiger partial charge in [-0.05, 0) is 75.1 Å². The standard InChI is InChI=1S/C25H34ClFN4O/c1-16(15-32-2)30-19-6-8-20(9-7-19)31-25-12-21(22(26)14-29-25)18-5-10-23(27)24(11-18)28-13-17-3-4-17/h5,10-12,14,16-17,19-20,28,30H,3-4,6-9,13,15H2,1-2H3,(H,29,31)/t16-,19?,20?/m0/s1. The average Bonchev–Trinajstić information content (AvgIpc) is 3.61. The fourth-order valence-electron chi connectivity index (χ4n) is 4.46. The predicted octanol–water partition coefficient (Wildman–Crippen LogP) is 5.71. The molecule has 7 heteroatoms. The highest BCUT2D eigenvalue weighted by Gasteiger charge is 2.23. The number of rotatable bonds is 10. The molecule has 0 unspecified atom stereocenters. The highest BCUT2D eigenvalue weighted by Crippen LogP contribution is 2.34. The van der Waals surface area contributed by atoms with Crippen molar-refractivity contribution in [3.05, 3.63) is 41.3 Å². The second-order valence-corrected chi connectivity index (χ2v) is 9.69. The molecule has 1 heterocycles. The van der Waals surface area contributed by atoms with Gasteiger partial charge in [0.25, 0.3) is 0 Å². The van der Waals surface area contributed by atoms with Gasteiger partial charge in [0, 0.05) is 43.5 Å². The Balaban J connectivity index is 1.38. The number of hydrogen-bond acceptors (Lipinski definition) is 5. The van der Waals surface area contributed by atoms with Gasteiger partial charge in [-0.25, -0.2) is 9.37 Å². The first-order valence-corrected chi connectivity index (χ1v) is 12.1. The number of benzene rings is 1. The third-order valence-corrected chi connectivity index (χ3v) is 6.73. The normalized spacial score (nSPS) is 21.9. The number of pyridine rings is 1. The van der Waals surface area contributed by atoms with E-state index < -0.39 is 0 Å². The lowest BCUT2D eigenvalue weighted by molar-refractivity contribution is 0.161. The summed E-state index contributed by atoms with van der Waals surface area (Å²) in [5.74, 6) is 1.25. The summed E-state index contributed by atoms with van der Waals surface area (Å²) in [6.45, 7) is 3.71. The van der Waals surface area contributed by atoms with Gasteiger partial charge in [0.15, 0.2) is 0 Å². The minimum absolute atomic E-state index is 0.233. The lowest BCUT2D eigenvalue weighted by Gasteiger charge is -2.32. The Labute approximate surface area is 195 Å². The van der Waals surface area contributed by atoms with Crippen LogP contribution in [0.3, 0.4) is 0 Å². The Morgan fingerprint density at radius 2 is 1.88 bits per heavy atom. The molecule has 4 rings (SSSR count). The van der Waals surface area contributed by atoms with Crippen LogP contribution in [0.1, 0.15) is 45.4 Å². The minimum Gasteiger partial charge on any atom is -0.383 e. The van der Waals surface area contributed by atoms with E-state index in [0.29, 0.717) is 34.8 Å². The fraction of sp³-hybridized carbons (Fsp3) is 0.560. The summed E-state index contributed by atoms with van der Waals surface area (Å²) in [6, 6.07) is 8.40. The van der Waals surface area contributed by atoms with Crippen LogP contribution in [0.15, 0.2) is 30.5 Å². The van der Waals surface area contributed by atoms with Gasteiger partial charge in [0.1, 0.15) is 11.6 Å². The van der Waals surface area contributed by atoms with Gasteiger partial charge in [0.05, 0.1) is 17.3 Å². The quantitative estimate of drug-likeness (QED) is 0.424. The number of anilines is 2. The predicted molar refractivity (Wildman–Crippen MR) is 130 cm³/mol. The smallest absolute Gasteiger partial charge is 0.146 e. The first kappa shape index (κ1) is 23.3. The van der Waals surface area contributed by atoms with Crippen molar-refractivity contribution in [1.82, 2.24) is 10.3 Å². The zero-order valence-electron chi connectivity index (χ0n) is 19.0. The van der Waals surface area contributed by atoms with E-state index >= 15 is 0 Å². The number of hydrogen-bond donors (Lipinski definition) is 3. The van der Waals surface area contributed by atoms with E-state index in [0.717, 1.165) is 55.8 Å². The summed E-state index contributed by atoms with van der Waals surface area (Å²) < 4.78 is 19.5. The molecule has 2 fully saturated rings. The third-order valence-electron chi connectivity index (χ3n) is 6.43. The van der Waals surface area contributed by atoms with E-state index in [4.69, 9.17) is 16.3 Å². The van der Waals surface area contributed by atoms with Crippen LogP contribution < -0.4 is 16.0 Å². The number of ether oxygens (including phenoxy) is 1. The van der Waals surface area contributed by atoms with E-state index in [1.54, 1.807) is 19.4 Å². The molecule has 2 aliphatic rings. The summed E-state index contributed by atoms with van der Waals surface area (Å²) in [5, 5.41) is 11.0. The van der Waals surface area contributed by atoms with Gasteiger partial charge in [-0.3, -0.25) is 0 Å². The summed E-state index contributed by atoms with van der Waals surface area (Å²) >= 11 is 6.47.